The predicted octanol–water partition coefficient (Wildman–Crippen LogP) is 1.90. The molecule has 5 heteroatoms. The van der Waals surface area contributed by atoms with Gasteiger partial charge in [-0.1, -0.05) is 0 Å². The molecule has 0 aliphatic carbocycles. The number of morpholine rings is 1. The van der Waals surface area contributed by atoms with E-state index in [1.807, 2.05) is 12.4 Å². The van der Waals surface area contributed by atoms with Gasteiger partial charge in [-0.2, -0.15) is 0 Å². The van der Waals surface area contributed by atoms with Crippen LogP contribution in [-0.2, 0) is 4.74 Å². The first-order valence-corrected chi connectivity index (χ1v) is 8.12. The average molecular weight is 290 g/mol. The standard InChI is InChI=1S/C16H26N4O/c1-13(2)19-5-3-14(4-6-19)15-11-17-12-16(18-15)20-7-9-21-10-8-20/h11-14H,3-10H2,1-2H3. The molecule has 3 rings (SSSR count). The molecule has 1 aromatic rings. The molecule has 0 spiro atoms. The molecular formula is C16H26N4O. The maximum absolute atomic E-state index is 5.41. The van der Waals surface area contributed by atoms with Gasteiger partial charge in [0.15, 0.2) is 0 Å². The fourth-order valence-electron chi connectivity index (χ4n) is 3.22. The molecule has 0 radical (unpaired) electrons. The van der Waals surface area contributed by atoms with Crippen LogP contribution in [0.4, 0.5) is 5.82 Å². The Morgan fingerprint density at radius 1 is 1.10 bits per heavy atom. The summed E-state index contributed by atoms with van der Waals surface area (Å²) in [5, 5.41) is 0. The highest BCUT2D eigenvalue weighted by atomic mass is 16.5. The van der Waals surface area contributed by atoms with E-state index in [9.17, 15) is 0 Å². The number of ether oxygens (including phenoxy) is 1. The quantitative estimate of drug-likeness (QED) is 0.850. The molecule has 5 nitrogen and oxygen atoms in total. The Hall–Kier alpha value is -1.20. The summed E-state index contributed by atoms with van der Waals surface area (Å²) in [4.78, 5) is 14.1. The summed E-state index contributed by atoms with van der Waals surface area (Å²) >= 11 is 0. The van der Waals surface area contributed by atoms with Crippen molar-refractivity contribution in [3.8, 4) is 0 Å². The van der Waals surface area contributed by atoms with Gasteiger partial charge in [0.25, 0.3) is 0 Å². The Bertz CT molecular complexity index is 451. The number of likely N-dealkylation sites (tertiary alicyclic amines) is 1. The van der Waals surface area contributed by atoms with E-state index in [1.54, 1.807) is 0 Å². The van der Waals surface area contributed by atoms with Crippen molar-refractivity contribution < 1.29 is 4.74 Å². The van der Waals surface area contributed by atoms with Crippen molar-refractivity contribution in [2.75, 3.05) is 44.3 Å². The minimum Gasteiger partial charge on any atom is -0.378 e. The lowest BCUT2D eigenvalue weighted by atomic mass is 9.93. The van der Waals surface area contributed by atoms with Crippen LogP contribution in [0.15, 0.2) is 12.4 Å². The van der Waals surface area contributed by atoms with E-state index >= 15 is 0 Å². The number of rotatable bonds is 3. The molecule has 3 heterocycles. The normalized spacial score (nSPS) is 22.0. The second-order valence-corrected chi connectivity index (χ2v) is 6.31. The summed E-state index contributed by atoms with van der Waals surface area (Å²) in [6.07, 6.45) is 6.23. The molecule has 0 saturated carbocycles. The molecule has 2 aliphatic rings. The molecule has 116 valence electrons. The molecule has 2 saturated heterocycles. The zero-order valence-electron chi connectivity index (χ0n) is 13.2. The van der Waals surface area contributed by atoms with Gasteiger partial charge in [0, 0.05) is 31.2 Å². The SMILES string of the molecule is CC(C)N1CCC(c2cncc(N3CCOCC3)n2)CC1. The van der Waals surface area contributed by atoms with Crippen LogP contribution in [-0.4, -0.2) is 60.3 Å². The van der Waals surface area contributed by atoms with E-state index < -0.39 is 0 Å². The largest absolute Gasteiger partial charge is 0.378 e. The minimum absolute atomic E-state index is 0.563. The Labute approximate surface area is 127 Å². The smallest absolute Gasteiger partial charge is 0.147 e. The van der Waals surface area contributed by atoms with Crippen molar-refractivity contribution in [3.05, 3.63) is 18.1 Å². The maximum Gasteiger partial charge on any atom is 0.147 e. The monoisotopic (exact) mass is 290 g/mol. The molecule has 2 aliphatic heterocycles. The average Bonchev–Trinajstić information content (AvgIpc) is 2.56. The Morgan fingerprint density at radius 3 is 2.48 bits per heavy atom. The van der Waals surface area contributed by atoms with Gasteiger partial charge in [0.05, 0.1) is 25.1 Å². The van der Waals surface area contributed by atoms with E-state index in [0.29, 0.717) is 12.0 Å². The third-order valence-corrected chi connectivity index (χ3v) is 4.65. The van der Waals surface area contributed by atoms with Crippen LogP contribution in [0.25, 0.3) is 0 Å². The number of hydrogen-bond donors (Lipinski definition) is 0. The Balaban J connectivity index is 1.66. The van der Waals surface area contributed by atoms with Crippen molar-refractivity contribution >= 4 is 5.82 Å². The molecule has 0 unspecified atom stereocenters. The summed E-state index contributed by atoms with van der Waals surface area (Å²) in [6.45, 7) is 10.3. The highest BCUT2D eigenvalue weighted by molar-refractivity contribution is 5.37. The van der Waals surface area contributed by atoms with Gasteiger partial charge in [0.1, 0.15) is 5.82 Å². The molecule has 0 N–H and O–H groups in total. The number of piperidine rings is 1. The lowest BCUT2D eigenvalue weighted by Gasteiger charge is -2.34. The van der Waals surface area contributed by atoms with Crippen molar-refractivity contribution in [2.24, 2.45) is 0 Å². The third kappa shape index (κ3) is 3.52. The van der Waals surface area contributed by atoms with Gasteiger partial charge < -0.3 is 14.5 Å². The first-order valence-electron chi connectivity index (χ1n) is 8.12. The molecule has 1 aromatic heterocycles. The highest BCUT2D eigenvalue weighted by Gasteiger charge is 2.24. The van der Waals surface area contributed by atoms with E-state index in [-0.39, 0.29) is 0 Å². The molecular weight excluding hydrogens is 264 g/mol. The van der Waals surface area contributed by atoms with Crippen LogP contribution in [0.2, 0.25) is 0 Å². The zero-order valence-corrected chi connectivity index (χ0v) is 13.2. The summed E-state index contributed by atoms with van der Waals surface area (Å²) in [7, 11) is 0. The lowest BCUT2D eigenvalue weighted by molar-refractivity contribution is 0.122. The maximum atomic E-state index is 5.41. The number of anilines is 1. The first kappa shape index (κ1) is 14.7. The van der Waals surface area contributed by atoms with E-state index in [4.69, 9.17) is 9.72 Å². The van der Waals surface area contributed by atoms with Gasteiger partial charge in [-0.25, -0.2) is 4.98 Å². The van der Waals surface area contributed by atoms with Crippen molar-refractivity contribution in [1.82, 2.24) is 14.9 Å². The highest BCUT2D eigenvalue weighted by Crippen LogP contribution is 2.28. The van der Waals surface area contributed by atoms with Gasteiger partial charge in [-0.05, 0) is 39.8 Å². The van der Waals surface area contributed by atoms with Gasteiger partial charge in [-0.3, -0.25) is 4.98 Å². The number of nitrogens with zero attached hydrogens (tertiary/aromatic N) is 4. The Kier molecular flexibility index (Phi) is 4.70. The summed E-state index contributed by atoms with van der Waals surface area (Å²) in [6, 6.07) is 0.650. The van der Waals surface area contributed by atoms with Gasteiger partial charge >= 0.3 is 0 Å². The second kappa shape index (κ2) is 6.71. The predicted molar refractivity (Wildman–Crippen MR) is 83.7 cm³/mol. The Morgan fingerprint density at radius 2 is 1.81 bits per heavy atom. The summed E-state index contributed by atoms with van der Waals surface area (Å²) in [5.74, 6) is 1.58. The van der Waals surface area contributed by atoms with Crippen molar-refractivity contribution in [3.63, 3.8) is 0 Å². The summed E-state index contributed by atoms with van der Waals surface area (Å²) in [5.41, 5.74) is 1.17. The fourth-order valence-corrected chi connectivity index (χ4v) is 3.22. The van der Waals surface area contributed by atoms with Crippen LogP contribution in [0.1, 0.15) is 38.3 Å². The van der Waals surface area contributed by atoms with Gasteiger partial charge in [-0.15, -0.1) is 0 Å². The van der Waals surface area contributed by atoms with Crippen LogP contribution in [0.5, 0.6) is 0 Å². The zero-order chi connectivity index (χ0) is 14.7. The molecule has 0 aromatic carbocycles. The van der Waals surface area contributed by atoms with E-state index in [1.165, 1.54) is 31.6 Å². The molecule has 2 fully saturated rings. The molecule has 0 amide bonds. The van der Waals surface area contributed by atoms with Crippen LogP contribution in [0.3, 0.4) is 0 Å². The van der Waals surface area contributed by atoms with Gasteiger partial charge in [0.2, 0.25) is 0 Å². The molecule has 0 bridgehead atoms. The van der Waals surface area contributed by atoms with Crippen LogP contribution >= 0.6 is 0 Å². The first-order chi connectivity index (χ1) is 10.2. The number of hydrogen-bond acceptors (Lipinski definition) is 5. The summed E-state index contributed by atoms with van der Waals surface area (Å²) < 4.78 is 5.41. The fraction of sp³-hybridized carbons (Fsp3) is 0.750. The lowest BCUT2D eigenvalue weighted by Crippen LogP contribution is -2.38. The van der Waals surface area contributed by atoms with Crippen molar-refractivity contribution in [1.29, 1.82) is 0 Å². The topological polar surface area (TPSA) is 41.5 Å². The van der Waals surface area contributed by atoms with E-state index in [0.717, 1.165) is 32.1 Å². The third-order valence-electron chi connectivity index (χ3n) is 4.65. The van der Waals surface area contributed by atoms with Crippen LogP contribution < -0.4 is 4.90 Å². The second-order valence-electron chi connectivity index (χ2n) is 6.31. The number of aromatic nitrogens is 2. The minimum atomic E-state index is 0.563. The molecule has 21 heavy (non-hydrogen) atoms. The molecule has 0 atom stereocenters. The van der Waals surface area contributed by atoms with Crippen molar-refractivity contribution in [2.45, 2.75) is 38.6 Å². The van der Waals surface area contributed by atoms with E-state index in [2.05, 4.69) is 28.6 Å². The van der Waals surface area contributed by atoms with Crippen LogP contribution in [0, 0.1) is 0 Å².